The highest BCUT2D eigenvalue weighted by Gasteiger charge is 2.18. The van der Waals surface area contributed by atoms with Gasteiger partial charge in [-0.25, -0.2) is 9.97 Å². The quantitative estimate of drug-likeness (QED) is 0.591. The molecule has 2 aromatic heterocycles. The van der Waals surface area contributed by atoms with Crippen molar-refractivity contribution in [3.63, 3.8) is 0 Å². The van der Waals surface area contributed by atoms with Crippen molar-refractivity contribution >= 4 is 27.8 Å². The maximum atomic E-state index is 12.4. The van der Waals surface area contributed by atoms with Gasteiger partial charge in [-0.15, -0.1) is 0 Å². The van der Waals surface area contributed by atoms with E-state index >= 15 is 0 Å². The molecule has 1 fully saturated rings. The summed E-state index contributed by atoms with van der Waals surface area (Å²) >= 11 is 3.42. The standard InChI is InChI=1S/C20H22BrN7O/c21-16-4-2-15(3-5-16)17-14-18(26-25-17)19(29)22-8-9-27-10-12-28(13-11-27)20-23-6-1-7-24-20/h1-7,14H,8-13H2,(H,22,29)(H,25,26). The van der Waals surface area contributed by atoms with Crippen molar-refractivity contribution in [2.45, 2.75) is 0 Å². The van der Waals surface area contributed by atoms with Gasteiger partial charge in [0.1, 0.15) is 5.69 Å². The molecule has 1 aromatic carbocycles. The summed E-state index contributed by atoms with van der Waals surface area (Å²) in [7, 11) is 0. The van der Waals surface area contributed by atoms with Gasteiger partial charge in [0.05, 0.1) is 5.69 Å². The summed E-state index contributed by atoms with van der Waals surface area (Å²) in [6.07, 6.45) is 3.53. The third kappa shape index (κ3) is 4.99. The molecule has 1 saturated heterocycles. The van der Waals surface area contributed by atoms with E-state index in [1.54, 1.807) is 18.5 Å². The summed E-state index contributed by atoms with van der Waals surface area (Å²) in [5.41, 5.74) is 2.18. The molecule has 0 saturated carbocycles. The summed E-state index contributed by atoms with van der Waals surface area (Å²) in [4.78, 5) is 25.5. The van der Waals surface area contributed by atoms with Gasteiger partial charge in [0, 0.05) is 61.7 Å². The van der Waals surface area contributed by atoms with Crippen LogP contribution in [0.3, 0.4) is 0 Å². The lowest BCUT2D eigenvalue weighted by atomic mass is 10.1. The van der Waals surface area contributed by atoms with Crippen molar-refractivity contribution in [1.82, 2.24) is 30.4 Å². The van der Waals surface area contributed by atoms with Gasteiger partial charge in [0.15, 0.2) is 0 Å². The van der Waals surface area contributed by atoms with E-state index in [0.717, 1.165) is 54.4 Å². The number of H-pyrrole nitrogens is 1. The number of nitrogens with zero attached hydrogens (tertiary/aromatic N) is 5. The molecule has 0 radical (unpaired) electrons. The maximum Gasteiger partial charge on any atom is 0.269 e. The fourth-order valence-electron chi connectivity index (χ4n) is 3.26. The Labute approximate surface area is 177 Å². The molecule has 0 bridgehead atoms. The topological polar surface area (TPSA) is 90.0 Å². The summed E-state index contributed by atoms with van der Waals surface area (Å²) in [6.45, 7) is 5.01. The number of hydrogen-bond donors (Lipinski definition) is 2. The maximum absolute atomic E-state index is 12.4. The van der Waals surface area contributed by atoms with Crippen LogP contribution in [0.4, 0.5) is 5.95 Å². The summed E-state index contributed by atoms with van der Waals surface area (Å²) in [6, 6.07) is 11.4. The molecule has 150 valence electrons. The summed E-state index contributed by atoms with van der Waals surface area (Å²) < 4.78 is 1.01. The van der Waals surface area contributed by atoms with E-state index in [-0.39, 0.29) is 5.91 Å². The molecule has 4 rings (SSSR count). The monoisotopic (exact) mass is 455 g/mol. The number of halogens is 1. The molecule has 0 spiro atoms. The van der Waals surface area contributed by atoms with Crippen molar-refractivity contribution in [2.24, 2.45) is 0 Å². The molecule has 0 aliphatic carbocycles. The van der Waals surface area contributed by atoms with Gasteiger partial charge >= 0.3 is 0 Å². The molecule has 0 unspecified atom stereocenters. The van der Waals surface area contributed by atoms with Crippen LogP contribution in [0.25, 0.3) is 11.3 Å². The van der Waals surface area contributed by atoms with Crippen LogP contribution in [0.1, 0.15) is 10.5 Å². The molecule has 8 nitrogen and oxygen atoms in total. The Morgan fingerprint density at radius 1 is 1.10 bits per heavy atom. The van der Waals surface area contributed by atoms with E-state index in [1.165, 1.54) is 0 Å². The van der Waals surface area contributed by atoms with Crippen LogP contribution in [-0.2, 0) is 0 Å². The second-order valence-electron chi connectivity index (χ2n) is 6.81. The number of piperazine rings is 1. The number of hydrogen-bond acceptors (Lipinski definition) is 6. The highest BCUT2D eigenvalue weighted by molar-refractivity contribution is 9.10. The number of aromatic nitrogens is 4. The average Bonchev–Trinajstić information content (AvgIpc) is 3.26. The second-order valence-corrected chi connectivity index (χ2v) is 7.72. The lowest BCUT2D eigenvalue weighted by Gasteiger charge is -2.34. The van der Waals surface area contributed by atoms with Crippen LogP contribution in [0.15, 0.2) is 53.3 Å². The van der Waals surface area contributed by atoms with Crippen molar-refractivity contribution in [2.75, 3.05) is 44.2 Å². The predicted molar refractivity (Wildman–Crippen MR) is 115 cm³/mol. The lowest BCUT2D eigenvalue weighted by molar-refractivity contribution is 0.0942. The fourth-order valence-corrected chi connectivity index (χ4v) is 3.52. The van der Waals surface area contributed by atoms with Crippen LogP contribution in [0.5, 0.6) is 0 Å². The molecule has 2 N–H and O–H groups in total. The molecular formula is C20H22BrN7O. The number of aromatic amines is 1. The van der Waals surface area contributed by atoms with E-state index in [1.807, 2.05) is 30.3 Å². The number of amides is 1. The van der Waals surface area contributed by atoms with E-state index in [9.17, 15) is 4.79 Å². The molecule has 1 aliphatic heterocycles. The smallest absolute Gasteiger partial charge is 0.269 e. The van der Waals surface area contributed by atoms with Crippen LogP contribution in [0, 0.1) is 0 Å². The molecule has 1 aliphatic rings. The Hall–Kier alpha value is -2.78. The first-order valence-corrected chi connectivity index (χ1v) is 10.3. The summed E-state index contributed by atoms with van der Waals surface area (Å²) in [5, 5.41) is 10.0. The lowest BCUT2D eigenvalue weighted by Crippen LogP contribution is -2.49. The first kappa shape index (κ1) is 19.5. The largest absolute Gasteiger partial charge is 0.349 e. The Balaban J connectivity index is 1.22. The zero-order chi connectivity index (χ0) is 20.1. The van der Waals surface area contributed by atoms with Crippen LogP contribution >= 0.6 is 15.9 Å². The predicted octanol–water partition coefficient (Wildman–Crippen LogP) is 2.18. The van der Waals surface area contributed by atoms with Crippen molar-refractivity contribution in [3.8, 4) is 11.3 Å². The zero-order valence-electron chi connectivity index (χ0n) is 15.9. The Morgan fingerprint density at radius 2 is 1.83 bits per heavy atom. The highest BCUT2D eigenvalue weighted by atomic mass is 79.9. The minimum atomic E-state index is -0.141. The van der Waals surface area contributed by atoms with Crippen molar-refractivity contribution in [3.05, 3.63) is 59.0 Å². The number of nitrogens with one attached hydrogen (secondary N) is 2. The van der Waals surface area contributed by atoms with E-state index in [2.05, 4.69) is 51.2 Å². The third-order valence-electron chi connectivity index (χ3n) is 4.88. The molecule has 1 amide bonds. The molecule has 29 heavy (non-hydrogen) atoms. The molecule has 9 heteroatoms. The SMILES string of the molecule is O=C(NCCN1CCN(c2ncccn2)CC1)c1cc(-c2ccc(Br)cc2)n[nH]1. The third-order valence-corrected chi connectivity index (χ3v) is 5.41. The zero-order valence-corrected chi connectivity index (χ0v) is 17.5. The Bertz CT molecular complexity index is 937. The first-order chi connectivity index (χ1) is 14.2. The number of rotatable bonds is 6. The number of carbonyl (C=O) groups excluding carboxylic acids is 1. The normalized spacial score (nSPS) is 14.7. The van der Waals surface area contributed by atoms with Gasteiger partial charge in [-0.1, -0.05) is 28.1 Å². The van der Waals surface area contributed by atoms with Gasteiger partial charge in [0.25, 0.3) is 5.91 Å². The van der Waals surface area contributed by atoms with E-state index < -0.39 is 0 Å². The molecular weight excluding hydrogens is 434 g/mol. The molecule has 3 heterocycles. The van der Waals surface area contributed by atoms with E-state index in [4.69, 9.17) is 0 Å². The van der Waals surface area contributed by atoms with Gasteiger partial charge in [-0.3, -0.25) is 14.8 Å². The van der Waals surface area contributed by atoms with Crippen LogP contribution in [-0.4, -0.2) is 70.2 Å². The fraction of sp³-hybridized carbons (Fsp3) is 0.300. The minimum absolute atomic E-state index is 0.141. The summed E-state index contributed by atoms with van der Waals surface area (Å²) in [5.74, 6) is 0.637. The Kier molecular flexibility index (Phi) is 6.16. The van der Waals surface area contributed by atoms with Gasteiger partial charge in [0.2, 0.25) is 5.95 Å². The average molecular weight is 456 g/mol. The second kappa shape index (κ2) is 9.15. The van der Waals surface area contributed by atoms with Crippen molar-refractivity contribution < 1.29 is 4.79 Å². The van der Waals surface area contributed by atoms with Crippen molar-refractivity contribution in [1.29, 1.82) is 0 Å². The molecule has 0 atom stereocenters. The highest BCUT2D eigenvalue weighted by Crippen LogP contribution is 2.20. The van der Waals surface area contributed by atoms with Crippen LogP contribution in [0.2, 0.25) is 0 Å². The number of anilines is 1. The van der Waals surface area contributed by atoms with Gasteiger partial charge < -0.3 is 10.2 Å². The van der Waals surface area contributed by atoms with Crippen LogP contribution < -0.4 is 10.2 Å². The van der Waals surface area contributed by atoms with Gasteiger partial charge in [-0.2, -0.15) is 5.10 Å². The minimum Gasteiger partial charge on any atom is -0.349 e. The first-order valence-electron chi connectivity index (χ1n) is 9.53. The van der Waals surface area contributed by atoms with E-state index in [0.29, 0.717) is 12.2 Å². The number of benzene rings is 1. The van der Waals surface area contributed by atoms with Gasteiger partial charge in [-0.05, 0) is 24.3 Å². The number of carbonyl (C=O) groups is 1. The Morgan fingerprint density at radius 3 is 2.55 bits per heavy atom. The molecule has 3 aromatic rings.